The fourth-order valence-electron chi connectivity index (χ4n) is 3.67. The molecule has 1 fully saturated rings. The van der Waals surface area contributed by atoms with Gasteiger partial charge in [0, 0.05) is 31.3 Å². The number of imidazole rings is 1. The van der Waals surface area contributed by atoms with Gasteiger partial charge in [0.25, 0.3) is 0 Å². The van der Waals surface area contributed by atoms with Crippen LogP contribution in [-0.4, -0.2) is 35.2 Å². The molecule has 152 valence electrons. The summed E-state index contributed by atoms with van der Waals surface area (Å²) in [5.74, 6) is 0.594. The summed E-state index contributed by atoms with van der Waals surface area (Å²) in [6.45, 7) is 0.320. The molecule has 1 aliphatic carbocycles. The Morgan fingerprint density at radius 2 is 1.83 bits per heavy atom. The summed E-state index contributed by atoms with van der Waals surface area (Å²) in [5.41, 5.74) is 3.16. The molecular formula is C21H21N7O2. The van der Waals surface area contributed by atoms with E-state index in [1.165, 1.54) is 0 Å². The highest BCUT2D eigenvalue weighted by Crippen LogP contribution is 2.36. The minimum absolute atomic E-state index is 0.123. The number of amides is 1. The van der Waals surface area contributed by atoms with Crippen molar-refractivity contribution in [2.45, 2.75) is 31.8 Å². The van der Waals surface area contributed by atoms with E-state index in [0.29, 0.717) is 18.3 Å². The lowest BCUT2D eigenvalue weighted by Crippen LogP contribution is -2.24. The number of benzene rings is 2. The quantitative estimate of drug-likeness (QED) is 0.533. The molecule has 2 aromatic heterocycles. The van der Waals surface area contributed by atoms with Gasteiger partial charge in [-0.3, -0.25) is 13.9 Å². The number of rotatable bonds is 6. The first-order valence-corrected chi connectivity index (χ1v) is 9.94. The first-order chi connectivity index (χ1) is 14.6. The van der Waals surface area contributed by atoms with Crippen LogP contribution in [0.3, 0.4) is 0 Å². The highest BCUT2D eigenvalue weighted by molar-refractivity contribution is 5.91. The maximum absolute atomic E-state index is 12.5. The number of hydrogen-bond acceptors (Lipinski definition) is 5. The largest absolute Gasteiger partial charge is 0.328 e. The monoisotopic (exact) mass is 403 g/mol. The van der Waals surface area contributed by atoms with Crippen LogP contribution in [-0.2, 0) is 18.4 Å². The van der Waals surface area contributed by atoms with E-state index >= 15 is 0 Å². The summed E-state index contributed by atoms with van der Waals surface area (Å²) in [4.78, 5) is 24.9. The Labute approximate surface area is 171 Å². The normalized spacial score (nSPS) is 13.6. The molecule has 0 radical (unpaired) electrons. The second-order valence-corrected chi connectivity index (χ2v) is 7.54. The molecule has 1 saturated carbocycles. The molecule has 0 unspecified atom stereocenters. The van der Waals surface area contributed by atoms with Crippen molar-refractivity contribution in [1.82, 2.24) is 29.3 Å². The summed E-state index contributed by atoms with van der Waals surface area (Å²) < 4.78 is 5.09. The van der Waals surface area contributed by atoms with E-state index in [2.05, 4.69) is 20.8 Å². The predicted octanol–water partition coefficient (Wildman–Crippen LogP) is 2.36. The molecule has 0 bridgehead atoms. The van der Waals surface area contributed by atoms with Crippen LogP contribution in [0.1, 0.15) is 25.3 Å². The Balaban J connectivity index is 1.26. The smallest absolute Gasteiger partial charge is 0.326 e. The molecule has 0 saturated heterocycles. The number of para-hydroxylation sites is 2. The minimum Gasteiger partial charge on any atom is -0.326 e. The van der Waals surface area contributed by atoms with E-state index < -0.39 is 0 Å². The molecule has 0 atom stereocenters. The van der Waals surface area contributed by atoms with Gasteiger partial charge in [-0.25, -0.2) is 9.48 Å². The molecule has 5 rings (SSSR count). The Kier molecular flexibility index (Phi) is 4.42. The third-order valence-corrected chi connectivity index (χ3v) is 5.43. The van der Waals surface area contributed by atoms with Gasteiger partial charge in [-0.05, 0) is 59.7 Å². The van der Waals surface area contributed by atoms with Gasteiger partial charge in [0.05, 0.1) is 17.1 Å². The van der Waals surface area contributed by atoms with Crippen LogP contribution in [0.2, 0.25) is 0 Å². The number of hydrogen-bond donors (Lipinski definition) is 1. The number of fused-ring (bicyclic) bond motifs is 1. The van der Waals surface area contributed by atoms with Crippen LogP contribution in [0.4, 0.5) is 5.69 Å². The molecule has 30 heavy (non-hydrogen) atoms. The van der Waals surface area contributed by atoms with Crippen molar-refractivity contribution in [3.05, 3.63) is 59.0 Å². The van der Waals surface area contributed by atoms with Gasteiger partial charge in [0.1, 0.15) is 0 Å². The molecule has 0 spiro atoms. The average Bonchev–Trinajstić information content (AvgIpc) is 3.44. The first-order valence-electron chi connectivity index (χ1n) is 9.94. The average molecular weight is 403 g/mol. The number of nitrogens with one attached hydrogen (secondary N) is 1. The number of aryl methyl sites for hydroxylation is 2. The molecule has 2 heterocycles. The molecule has 9 nitrogen and oxygen atoms in total. The van der Waals surface area contributed by atoms with Crippen molar-refractivity contribution in [3.8, 4) is 11.4 Å². The lowest BCUT2D eigenvalue weighted by atomic mass is 10.2. The fourth-order valence-corrected chi connectivity index (χ4v) is 3.67. The number of nitrogens with zero attached hydrogens (tertiary/aromatic N) is 6. The molecule has 2 aromatic carbocycles. The van der Waals surface area contributed by atoms with Gasteiger partial charge in [-0.1, -0.05) is 12.1 Å². The third kappa shape index (κ3) is 3.28. The first kappa shape index (κ1) is 18.3. The standard InChI is InChI=1S/C21H21N7O2/c1-26-17-4-2-3-5-18(17)27(21(26)30)13-12-19(29)22-15-8-6-14(7-9-15)20-23-24-25-28(20)16-10-11-16/h2-9,16H,10-13H2,1H3,(H,22,29). The second-order valence-electron chi connectivity index (χ2n) is 7.54. The highest BCUT2D eigenvalue weighted by atomic mass is 16.2. The van der Waals surface area contributed by atoms with Crippen LogP contribution in [0.15, 0.2) is 53.3 Å². The molecule has 1 amide bonds. The van der Waals surface area contributed by atoms with E-state index in [-0.39, 0.29) is 18.0 Å². The van der Waals surface area contributed by atoms with E-state index in [1.807, 2.05) is 53.2 Å². The van der Waals surface area contributed by atoms with Crippen molar-refractivity contribution in [1.29, 1.82) is 0 Å². The zero-order chi connectivity index (χ0) is 20.7. The van der Waals surface area contributed by atoms with Crippen molar-refractivity contribution < 1.29 is 4.79 Å². The van der Waals surface area contributed by atoms with E-state index in [0.717, 1.165) is 35.3 Å². The summed E-state index contributed by atoms with van der Waals surface area (Å²) in [7, 11) is 1.74. The Morgan fingerprint density at radius 1 is 1.10 bits per heavy atom. The van der Waals surface area contributed by atoms with Crippen molar-refractivity contribution in [3.63, 3.8) is 0 Å². The van der Waals surface area contributed by atoms with E-state index in [4.69, 9.17) is 0 Å². The Hall–Kier alpha value is -3.75. The Bertz CT molecular complexity index is 1280. The maximum Gasteiger partial charge on any atom is 0.328 e. The highest BCUT2D eigenvalue weighted by Gasteiger charge is 2.28. The summed E-state index contributed by atoms with van der Waals surface area (Å²) >= 11 is 0. The summed E-state index contributed by atoms with van der Waals surface area (Å²) in [5, 5.41) is 14.8. The molecular weight excluding hydrogens is 382 g/mol. The Morgan fingerprint density at radius 3 is 2.57 bits per heavy atom. The number of anilines is 1. The van der Waals surface area contributed by atoms with Gasteiger partial charge in [-0.2, -0.15) is 0 Å². The van der Waals surface area contributed by atoms with Gasteiger partial charge >= 0.3 is 5.69 Å². The molecule has 1 aliphatic rings. The van der Waals surface area contributed by atoms with Crippen LogP contribution in [0.5, 0.6) is 0 Å². The lowest BCUT2D eigenvalue weighted by molar-refractivity contribution is -0.116. The van der Waals surface area contributed by atoms with E-state index in [1.54, 1.807) is 16.2 Å². The zero-order valence-electron chi connectivity index (χ0n) is 16.5. The van der Waals surface area contributed by atoms with Crippen LogP contribution in [0.25, 0.3) is 22.4 Å². The number of carbonyl (C=O) groups excluding carboxylic acids is 1. The maximum atomic E-state index is 12.5. The summed E-state index contributed by atoms with van der Waals surface area (Å²) in [6.07, 6.45) is 2.41. The molecule has 9 heteroatoms. The van der Waals surface area contributed by atoms with Gasteiger partial charge in [0.15, 0.2) is 5.82 Å². The summed E-state index contributed by atoms with van der Waals surface area (Å²) in [6, 6.07) is 15.4. The minimum atomic E-state index is -0.148. The molecule has 0 aliphatic heterocycles. The molecule has 1 N–H and O–H groups in total. The van der Waals surface area contributed by atoms with Crippen molar-refractivity contribution >= 4 is 22.6 Å². The van der Waals surface area contributed by atoms with Crippen LogP contribution >= 0.6 is 0 Å². The number of tetrazole rings is 1. The fraction of sp³-hybridized carbons (Fsp3) is 0.286. The van der Waals surface area contributed by atoms with Crippen molar-refractivity contribution in [2.75, 3.05) is 5.32 Å². The SMILES string of the molecule is Cn1c(=O)n(CCC(=O)Nc2ccc(-c3nnnn3C3CC3)cc2)c2ccccc21. The van der Waals surface area contributed by atoms with Gasteiger partial charge in [0.2, 0.25) is 5.91 Å². The van der Waals surface area contributed by atoms with Crippen molar-refractivity contribution in [2.24, 2.45) is 7.05 Å². The number of aromatic nitrogens is 6. The van der Waals surface area contributed by atoms with E-state index in [9.17, 15) is 9.59 Å². The second kappa shape index (κ2) is 7.25. The predicted molar refractivity (Wildman–Crippen MR) is 112 cm³/mol. The van der Waals surface area contributed by atoms with Crippen LogP contribution < -0.4 is 11.0 Å². The van der Waals surface area contributed by atoms with Crippen LogP contribution in [0, 0.1) is 0 Å². The molecule has 4 aromatic rings. The third-order valence-electron chi connectivity index (χ3n) is 5.43. The lowest BCUT2D eigenvalue weighted by Gasteiger charge is -2.07. The van der Waals surface area contributed by atoms with Gasteiger partial charge < -0.3 is 5.32 Å². The zero-order valence-corrected chi connectivity index (χ0v) is 16.5. The topological polar surface area (TPSA) is 99.6 Å². The van der Waals surface area contributed by atoms with Gasteiger partial charge in [-0.15, -0.1) is 5.10 Å². The number of carbonyl (C=O) groups is 1.